The first-order valence-corrected chi connectivity index (χ1v) is 11.4. The number of nitrogens with one attached hydrogen (secondary N) is 1. The molecule has 0 spiro atoms. The Balaban J connectivity index is 1.50. The second-order valence-electron chi connectivity index (χ2n) is 10.8. The standard InChI is InChI=1S/C23H40N2O2/c1-14(26)18-6-7-19-17-5-4-15-12-16(25-21(27)13-24)8-10-22(15,2)20(17)9-11-23(18,19)3/h15-21,25,27H,4-13,24H2,1-3H3. The van der Waals surface area contributed by atoms with E-state index in [0.29, 0.717) is 29.7 Å². The van der Waals surface area contributed by atoms with Gasteiger partial charge in [0.15, 0.2) is 0 Å². The summed E-state index contributed by atoms with van der Waals surface area (Å²) in [5.41, 5.74) is 6.31. The summed E-state index contributed by atoms with van der Waals surface area (Å²) in [6.45, 7) is 7.13. The van der Waals surface area contributed by atoms with Gasteiger partial charge in [0.25, 0.3) is 0 Å². The van der Waals surface area contributed by atoms with Crippen LogP contribution in [0.1, 0.15) is 78.6 Å². The van der Waals surface area contributed by atoms with Crippen LogP contribution in [-0.2, 0) is 4.79 Å². The lowest BCUT2D eigenvalue weighted by Gasteiger charge is -2.61. The van der Waals surface area contributed by atoms with Crippen LogP contribution in [0.5, 0.6) is 0 Å². The molecule has 4 heteroatoms. The molecule has 4 N–H and O–H groups in total. The van der Waals surface area contributed by atoms with Gasteiger partial charge in [0.05, 0.1) is 0 Å². The van der Waals surface area contributed by atoms with E-state index >= 15 is 0 Å². The monoisotopic (exact) mass is 376 g/mol. The molecular weight excluding hydrogens is 336 g/mol. The van der Waals surface area contributed by atoms with Crippen molar-refractivity contribution in [2.45, 2.75) is 90.8 Å². The van der Waals surface area contributed by atoms with E-state index in [9.17, 15) is 9.90 Å². The van der Waals surface area contributed by atoms with Gasteiger partial charge in [0.1, 0.15) is 12.0 Å². The van der Waals surface area contributed by atoms with E-state index in [-0.39, 0.29) is 5.41 Å². The van der Waals surface area contributed by atoms with Crippen LogP contribution in [0.4, 0.5) is 0 Å². The van der Waals surface area contributed by atoms with Crippen molar-refractivity contribution >= 4 is 5.78 Å². The highest BCUT2D eigenvalue weighted by molar-refractivity contribution is 5.79. The van der Waals surface area contributed by atoms with Crippen molar-refractivity contribution < 1.29 is 9.90 Å². The predicted molar refractivity (Wildman–Crippen MR) is 108 cm³/mol. The summed E-state index contributed by atoms with van der Waals surface area (Å²) < 4.78 is 0. The van der Waals surface area contributed by atoms with E-state index in [1.54, 1.807) is 0 Å². The Morgan fingerprint density at radius 3 is 2.48 bits per heavy atom. The summed E-state index contributed by atoms with van der Waals surface area (Å²) in [6.07, 6.45) is 10.7. The van der Waals surface area contributed by atoms with Gasteiger partial charge in [-0.25, -0.2) is 0 Å². The molecule has 0 aromatic heterocycles. The van der Waals surface area contributed by atoms with E-state index in [1.807, 2.05) is 6.92 Å². The molecule has 4 aliphatic rings. The molecule has 4 aliphatic carbocycles. The number of carbonyl (C=O) groups is 1. The van der Waals surface area contributed by atoms with Crippen LogP contribution < -0.4 is 11.1 Å². The minimum atomic E-state index is -0.562. The number of carbonyl (C=O) groups excluding carboxylic acids is 1. The van der Waals surface area contributed by atoms with Crippen molar-refractivity contribution in [1.82, 2.24) is 5.32 Å². The number of rotatable bonds is 4. The number of aliphatic hydroxyl groups excluding tert-OH is 1. The van der Waals surface area contributed by atoms with Crippen LogP contribution >= 0.6 is 0 Å². The molecular formula is C23H40N2O2. The molecule has 0 bridgehead atoms. The van der Waals surface area contributed by atoms with Crippen molar-refractivity contribution in [3.8, 4) is 0 Å². The second kappa shape index (κ2) is 7.11. The van der Waals surface area contributed by atoms with Crippen molar-refractivity contribution in [3.63, 3.8) is 0 Å². The van der Waals surface area contributed by atoms with Gasteiger partial charge in [-0.15, -0.1) is 0 Å². The smallest absolute Gasteiger partial charge is 0.133 e. The van der Waals surface area contributed by atoms with E-state index in [0.717, 1.165) is 36.5 Å². The first-order valence-electron chi connectivity index (χ1n) is 11.4. The molecule has 0 saturated heterocycles. The van der Waals surface area contributed by atoms with E-state index in [1.165, 1.54) is 44.9 Å². The van der Waals surface area contributed by atoms with Gasteiger partial charge >= 0.3 is 0 Å². The average molecular weight is 377 g/mol. The zero-order valence-electron chi connectivity index (χ0n) is 17.5. The summed E-state index contributed by atoms with van der Waals surface area (Å²) >= 11 is 0. The van der Waals surface area contributed by atoms with Crippen LogP contribution in [0.2, 0.25) is 0 Å². The third kappa shape index (κ3) is 3.11. The molecule has 0 heterocycles. The normalized spacial score (nSPS) is 50.4. The zero-order chi connectivity index (χ0) is 19.4. The van der Waals surface area contributed by atoms with Crippen LogP contribution in [0.3, 0.4) is 0 Å². The minimum Gasteiger partial charge on any atom is -0.377 e. The fourth-order valence-electron chi connectivity index (χ4n) is 8.42. The molecule has 0 aromatic carbocycles. The van der Waals surface area contributed by atoms with Crippen LogP contribution in [0, 0.1) is 40.4 Å². The first kappa shape index (κ1) is 19.8. The van der Waals surface area contributed by atoms with Crippen LogP contribution in [0.25, 0.3) is 0 Å². The number of fused-ring (bicyclic) bond motifs is 5. The number of aliphatic hydroxyl groups is 1. The third-order valence-electron chi connectivity index (χ3n) is 9.81. The van der Waals surface area contributed by atoms with Crippen molar-refractivity contribution in [2.75, 3.05) is 6.54 Å². The quantitative estimate of drug-likeness (QED) is 0.657. The number of nitrogens with two attached hydrogens (primary N) is 1. The molecule has 0 aliphatic heterocycles. The lowest BCUT2D eigenvalue weighted by molar-refractivity contribution is -0.134. The highest BCUT2D eigenvalue weighted by Crippen LogP contribution is 2.67. The zero-order valence-corrected chi connectivity index (χ0v) is 17.5. The highest BCUT2D eigenvalue weighted by Gasteiger charge is 2.60. The van der Waals surface area contributed by atoms with Gasteiger partial charge in [-0.3, -0.25) is 10.1 Å². The summed E-state index contributed by atoms with van der Waals surface area (Å²) in [7, 11) is 0. The Labute approximate surface area is 165 Å². The molecule has 4 rings (SSSR count). The topological polar surface area (TPSA) is 75.3 Å². The Hall–Kier alpha value is -0.450. The van der Waals surface area contributed by atoms with Gasteiger partial charge in [-0.2, -0.15) is 0 Å². The minimum absolute atomic E-state index is 0.264. The predicted octanol–water partition coefficient (Wildman–Crippen LogP) is 3.47. The maximum Gasteiger partial charge on any atom is 0.133 e. The van der Waals surface area contributed by atoms with E-state index in [4.69, 9.17) is 5.73 Å². The summed E-state index contributed by atoms with van der Waals surface area (Å²) in [5, 5.41) is 13.2. The van der Waals surface area contributed by atoms with Gasteiger partial charge in [-0.1, -0.05) is 13.8 Å². The number of hydrogen-bond donors (Lipinski definition) is 3. The summed E-state index contributed by atoms with van der Waals surface area (Å²) in [4.78, 5) is 12.3. The molecule has 0 radical (unpaired) electrons. The number of hydrogen-bond acceptors (Lipinski definition) is 4. The lowest BCUT2D eigenvalue weighted by atomic mass is 9.44. The second-order valence-corrected chi connectivity index (χ2v) is 10.8. The average Bonchev–Trinajstić information content (AvgIpc) is 2.99. The largest absolute Gasteiger partial charge is 0.377 e. The summed E-state index contributed by atoms with van der Waals surface area (Å²) in [6, 6.07) is 0.417. The lowest BCUT2D eigenvalue weighted by Crippen LogP contribution is -2.56. The van der Waals surface area contributed by atoms with E-state index in [2.05, 4.69) is 19.2 Å². The van der Waals surface area contributed by atoms with Gasteiger partial charge in [-0.05, 0) is 99.2 Å². The van der Waals surface area contributed by atoms with Crippen LogP contribution in [-0.4, -0.2) is 29.7 Å². The van der Waals surface area contributed by atoms with Gasteiger partial charge in [0, 0.05) is 18.5 Å². The Morgan fingerprint density at radius 1 is 1.07 bits per heavy atom. The Morgan fingerprint density at radius 2 is 1.78 bits per heavy atom. The Kier molecular flexibility index (Phi) is 5.22. The van der Waals surface area contributed by atoms with E-state index < -0.39 is 6.23 Å². The molecule has 9 unspecified atom stereocenters. The molecule has 27 heavy (non-hydrogen) atoms. The third-order valence-corrected chi connectivity index (χ3v) is 9.81. The van der Waals surface area contributed by atoms with Gasteiger partial charge in [0.2, 0.25) is 0 Å². The molecule has 0 aromatic rings. The first-order chi connectivity index (χ1) is 12.8. The number of Topliss-reactive ketones (excluding diaryl/α,β-unsaturated/α-hetero) is 1. The number of ketones is 1. The SMILES string of the molecule is CC(=O)C1CCC2C3CCC4CC(NC(O)CN)CCC4(C)C3CCC12C. The highest BCUT2D eigenvalue weighted by atomic mass is 16.3. The molecule has 9 atom stereocenters. The van der Waals surface area contributed by atoms with Crippen LogP contribution in [0.15, 0.2) is 0 Å². The molecule has 0 amide bonds. The van der Waals surface area contributed by atoms with Crippen molar-refractivity contribution in [1.29, 1.82) is 0 Å². The van der Waals surface area contributed by atoms with Crippen molar-refractivity contribution in [3.05, 3.63) is 0 Å². The molecule has 4 nitrogen and oxygen atoms in total. The van der Waals surface area contributed by atoms with Crippen molar-refractivity contribution in [2.24, 2.45) is 46.2 Å². The fourth-order valence-corrected chi connectivity index (χ4v) is 8.42. The maximum atomic E-state index is 12.3. The molecule has 4 saturated carbocycles. The molecule has 4 fully saturated rings. The Bertz CT molecular complexity index is 581. The van der Waals surface area contributed by atoms with Gasteiger partial charge < -0.3 is 10.8 Å². The molecule has 154 valence electrons. The summed E-state index contributed by atoms with van der Waals surface area (Å²) in [5.74, 6) is 3.94. The maximum absolute atomic E-state index is 12.3. The fraction of sp³-hybridized carbons (Fsp3) is 0.957.